The highest BCUT2D eigenvalue weighted by atomic mass is 16.4. The first-order chi connectivity index (χ1) is 9.06. The summed E-state index contributed by atoms with van der Waals surface area (Å²) in [7, 11) is 0. The van der Waals surface area contributed by atoms with Crippen molar-refractivity contribution in [3.63, 3.8) is 0 Å². The van der Waals surface area contributed by atoms with E-state index in [-0.39, 0.29) is 0 Å². The SMILES string of the molecule is CC1CCC(c2ccc(CC(N)C(=O)O)cc2)CC1. The quantitative estimate of drug-likeness (QED) is 0.876. The molecule has 0 aliphatic heterocycles. The van der Waals surface area contributed by atoms with E-state index in [1.54, 1.807) is 0 Å². The Labute approximate surface area is 114 Å². The Morgan fingerprint density at radius 1 is 1.26 bits per heavy atom. The van der Waals surface area contributed by atoms with Crippen LogP contribution in [0.5, 0.6) is 0 Å². The first kappa shape index (κ1) is 14.1. The van der Waals surface area contributed by atoms with Crippen LogP contribution >= 0.6 is 0 Å². The van der Waals surface area contributed by atoms with Crippen LogP contribution < -0.4 is 5.73 Å². The lowest BCUT2D eigenvalue weighted by Crippen LogP contribution is -2.32. The fourth-order valence-electron chi connectivity index (χ4n) is 2.86. The van der Waals surface area contributed by atoms with Crippen LogP contribution in [0.15, 0.2) is 24.3 Å². The van der Waals surface area contributed by atoms with E-state index < -0.39 is 12.0 Å². The Morgan fingerprint density at radius 3 is 2.37 bits per heavy atom. The molecular weight excluding hydrogens is 238 g/mol. The van der Waals surface area contributed by atoms with E-state index in [1.807, 2.05) is 12.1 Å². The molecule has 0 bridgehead atoms. The third-order valence-electron chi connectivity index (χ3n) is 4.24. The van der Waals surface area contributed by atoms with Crippen LogP contribution in [0.1, 0.15) is 49.7 Å². The molecule has 0 radical (unpaired) electrons. The van der Waals surface area contributed by atoms with Crippen molar-refractivity contribution in [3.8, 4) is 0 Å². The number of carboxylic acids is 1. The van der Waals surface area contributed by atoms with Crippen LogP contribution in [0.2, 0.25) is 0 Å². The molecule has 3 nitrogen and oxygen atoms in total. The Bertz CT molecular complexity index is 419. The topological polar surface area (TPSA) is 63.3 Å². The molecule has 1 fully saturated rings. The van der Waals surface area contributed by atoms with Crippen molar-refractivity contribution in [2.45, 2.75) is 51.0 Å². The van der Waals surface area contributed by atoms with E-state index in [0.29, 0.717) is 12.3 Å². The molecule has 0 amide bonds. The van der Waals surface area contributed by atoms with Crippen LogP contribution in [0.4, 0.5) is 0 Å². The Hall–Kier alpha value is -1.35. The first-order valence-electron chi connectivity index (χ1n) is 7.13. The average Bonchev–Trinajstić information content (AvgIpc) is 2.40. The second-order valence-electron chi connectivity index (χ2n) is 5.85. The lowest BCUT2D eigenvalue weighted by Gasteiger charge is -2.26. The molecule has 1 atom stereocenters. The van der Waals surface area contributed by atoms with E-state index in [0.717, 1.165) is 11.5 Å². The Morgan fingerprint density at radius 2 is 1.84 bits per heavy atom. The van der Waals surface area contributed by atoms with Crippen molar-refractivity contribution in [1.29, 1.82) is 0 Å². The highest BCUT2D eigenvalue weighted by Gasteiger charge is 2.19. The van der Waals surface area contributed by atoms with Crippen molar-refractivity contribution < 1.29 is 9.90 Å². The van der Waals surface area contributed by atoms with Gasteiger partial charge in [0.15, 0.2) is 0 Å². The number of nitrogens with two attached hydrogens (primary N) is 1. The predicted molar refractivity (Wildman–Crippen MR) is 76.1 cm³/mol. The van der Waals surface area contributed by atoms with E-state index in [2.05, 4.69) is 19.1 Å². The van der Waals surface area contributed by atoms with Crippen molar-refractivity contribution in [1.82, 2.24) is 0 Å². The molecule has 1 aromatic carbocycles. The van der Waals surface area contributed by atoms with Gasteiger partial charge in [-0.05, 0) is 42.2 Å². The van der Waals surface area contributed by atoms with Gasteiger partial charge < -0.3 is 10.8 Å². The van der Waals surface area contributed by atoms with Gasteiger partial charge >= 0.3 is 5.97 Å². The van der Waals surface area contributed by atoms with Gasteiger partial charge in [0, 0.05) is 0 Å². The molecule has 1 unspecified atom stereocenters. The largest absolute Gasteiger partial charge is 0.480 e. The monoisotopic (exact) mass is 261 g/mol. The van der Waals surface area contributed by atoms with Crippen molar-refractivity contribution in [2.24, 2.45) is 11.7 Å². The zero-order valence-corrected chi connectivity index (χ0v) is 11.5. The zero-order chi connectivity index (χ0) is 13.8. The van der Waals surface area contributed by atoms with Gasteiger partial charge in [-0.2, -0.15) is 0 Å². The molecule has 1 aromatic rings. The summed E-state index contributed by atoms with van der Waals surface area (Å²) in [5.41, 5.74) is 7.94. The number of benzene rings is 1. The van der Waals surface area contributed by atoms with Crippen molar-refractivity contribution in [2.75, 3.05) is 0 Å². The molecule has 1 aliphatic rings. The summed E-state index contributed by atoms with van der Waals surface area (Å²) in [5.74, 6) is 0.604. The lowest BCUT2D eigenvalue weighted by atomic mass is 9.79. The lowest BCUT2D eigenvalue weighted by molar-refractivity contribution is -0.138. The number of hydrogen-bond acceptors (Lipinski definition) is 2. The Balaban J connectivity index is 1.96. The number of aliphatic carboxylic acids is 1. The van der Waals surface area contributed by atoms with E-state index >= 15 is 0 Å². The summed E-state index contributed by atoms with van der Waals surface area (Å²) >= 11 is 0. The van der Waals surface area contributed by atoms with Gasteiger partial charge in [-0.1, -0.05) is 44.0 Å². The van der Waals surface area contributed by atoms with Gasteiger partial charge in [0.1, 0.15) is 6.04 Å². The highest BCUT2D eigenvalue weighted by Crippen LogP contribution is 2.35. The third-order valence-corrected chi connectivity index (χ3v) is 4.24. The fraction of sp³-hybridized carbons (Fsp3) is 0.562. The summed E-state index contributed by atoms with van der Waals surface area (Å²) in [6.45, 7) is 2.33. The van der Waals surface area contributed by atoms with Gasteiger partial charge in [0.2, 0.25) is 0 Å². The smallest absolute Gasteiger partial charge is 0.320 e. The zero-order valence-electron chi connectivity index (χ0n) is 11.5. The third kappa shape index (κ3) is 3.80. The first-order valence-corrected chi connectivity index (χ1v) is 7.13. The number of carbonyl (C=O) groups is 1. The molecule has 0 spiro atoms. The fourth-order valence-corrected chi connectivity index (χ4v) is 2.86. The highest BCUT2D eigenvalue weighted by molar-refractivity contribution is 5.73. The van der Waals surface area contributed by atoms with E-state index in [9.17, 15) is 4.79 Å². The maximum atomic E-state index is 10.7. The van der Waals surface area contributed by atoms with Crippen LogP contribution in [0.25, 0.3) is 0 Å². The standard InChI is InChI=1S/C16H23NO2/c1-11-2-6-13(7-3-11)14-8-4-12(5-9-14)10-15(17)16(18)19/h4-5,8-9,11,13,15H,2-3,6-7,10,17H2,1H3,(H,18,19). The molecule has 3 N–H and O–H groups in total. The van der Waals surface area contributed by atoms with Crippen molar-refractivity contribution >= 4 is 5.97 Å². The molecule has 0 aromatic heterocycles. The summed E-state index contributed by atoms with van der Waals surface area (Å²) in [5, 5.41) is 8.80. The maximum absolute atomic E-state index is 10.7. The van der Waals surface area contributed by atoms with Gasteiger partial charge in [0.25, 0.3) is 0 Å². The Kier molecular flexibility index (Phi) is 4.59. The van der Waals surface area contributed by atoms with Crippen molar-refractivity contribution in [3.05, 3.63) is 35.4 Å². The van der Waals surface area contributed by atoms with Gasteiger partial charge in [-0.15, -0.1) is 0 Å². The summed E-state index contributed by atoms with van der Waals surface area (Å²) < 4.78 is 0. The maximum Gasteiger partial charge on any atom is 0.320 e. The van der Waals surface area contributed by atoms with Crippen LogP contribution in [0.3, 0.4) is 0 Å². The van der Waals surface area contributed by atoms with Crippen LogP contribution in [-0.4, -0.2) is 17.1 Å². The van der Waals surface area contributed by atoms with Gasteiger partial charge in [-0.25, -0.2) is 0 Å². The molecule has 3 heteroatoms. The van der Waals surface area contributed by atoms with Crippen LogP contribution in [0, 0.1) is 5.92 Å². The summed E-state index contributed by atoms with van der Waals surface area (Å²) in [6, 6.07) is 7.53. The predicted octanol–water partition coefficient (Wildman–Crippen LogP) is 2.93. The number of hydrogen-bond donors (Lipinski definition) is 2. The molecule has 104 valence electrons. The second kappa shape index (κ2) is 6.20. The number of carboxylic acid groups (broad SMARTS) is 1. The molecule has 0 saturated heterocycles. The normalized spacial score (nSPS) is 24.9. The van der Waals surface area contributed by atoms with E-state index in [4.69, 9.17) is 10.8 Å². The summed E-state index contributed by atoms with van der Waals surface area (Å²) in [4.78, 5) is 10.7. The second-order valence-corrected chi connectivity index (χ2v) is 5.85. The molecule has 1 saturated carbocycles. The van der Waals surface area contributed by atoms with Gasteiger partial charge in [0.05, 0.1) is 0 Å². The number of rotatable bonds is 4. The minimum atomic E-state index is -0.939. The molecule has 1 aliphatic carbocycles. The van der Waals surface area contributed by atoms with E-state index in [1.165, 1.54) is 31.2 Å². The molecular formula is C16H23NO2. The molecule has 19 heavy (non-hydrogen) atoms. The summed E-state index contributed by atoms with van der Waals surface area (Å²) in [6.07, 6.45) is 5.58. The molecule has 0 heterocycles. The minimum Gasteiger partial charge on any atom is -0.480 e. The van der Waals surface area contributed by atoms with Gasteiger partial charge in [-0.3, -0.25) is 4.79 Å². The minimum absolute atomic E-state index is 0.400. The average molecular weight is 261 g/mol. The van der Waals surface area contributed by atoms with Crippen LogP contribution in [-0.2, 0) is 11.2 Å². The molecule has 2 rings (SSSR count).